The number of hydrogen-bond acceptors (Lipinski definition) is 10. The molecule has 4 heterocycles. The number of ether oxygens (including phenoxy) is 1. The number of hydrogen-bond donors (Lipinski definition) is 2. The van der Waals surface area contributed by atoms with E-state index in [1.165, 1.54) is 7.05 Å². The summed E-state index contributed by atoms with van der Waals surface area (Å²) in [6.07, 6.45) is 4.22. The highest BCUT2D eigenvalue weighted by molar-refractivity contribution is 8.17. The molecule has 1 aliphatic heterocycles. The summed E-state index contributed by atoms with van der Waals surface area (Å²) in [7, 11) is 3.06. The van der Waals surface area contributed by atoms with Gasteiger partial charge >= 0.3 is 0 Å². The first-order valence-electron chi connectivity index (χ1n) is 12.0. The van der Waals surface area contributed by atoms with Crippen LogP contribution in [0.3, 0.4) is 0 Å². The van der Waals surface area contributed by atoms with E-state index in [1.54, 1.807) is 30.6 Å². The first kappa shape index (κ1) is 26.8. The molecular weight excluding hydrogens is 508 g/mol. The van der Waals surface area contributed by atoms with E-state index in [2.05, 4.69) is 54.5 Å². The zero-order valence-corrected chi connectivity index (χ0v) is 22.5. The number of allylic oxidation sites excluding steroid dienone is 1. The Kier molecular flexibility index (Phi) is 9.64. The van der Waals surface area contributed by atoms with Crippen molar-refractivity contribution in [2.45, 2.75) is 19.4 Å². The standard InChI is InChI=1S/C26H30N6O3S2/c1-27-26(34)37-22(16-33)12-21-13-24(35-2)31-25(30-21)32-9-6-18(7-10-32)14-28-15-20-4-3-5-23(29-20)19-8-11-36-17-19/h3-5,8,11-13,16-18,28H,6-7,9-10,14-15H2,1-2H3,(H,27,34)/b22-12-. The Labute approximate surface area is 224 Å². The van der Waals surface area contributed by atoms with Gasteiger partial charge < -0.3 is 20.3 Å². The topological polar surface area (TPSA) is 109 Å². The molecule has 0 aliphatic carbocycles. The van der Waals surface area contributed by atoms with Crippen LogP contribution in [-0.4, -0.2) is 60.3 Å². The number of carbonyl (C=O) groups excluding carboxylic acids is 2. The van der Waals surface area contributed by atoms with Crippen LogP contribution in [0.5, 0.6) is 5.88 Å². The zero-order valence-electron chi connectivity index (χ0n) is 20.8. The average Bonchev–Trinajstić information content (AvgIpc) is 3.48. The summed E-state index contributed by atoms with van der Waals surface area (Å²) in [5.41, 5.74) is 3.72. The highest BCUT2D eigenvalue weighted by atomic mass is 32.2. The second-order valence-electron chi connectivity index (χ2n) is 8.53. The summed E-state index contributed by atoms with van der Waals surface area (Å²) in [5, 5.41) is 9.92. The maximum absolute atomic E-state index is 11.6. The lowest BCUT2D eigenvalue weighted by molar-refractivity contribution is -0.104. The van der Waals surface area contributed by atoms with Crippen LogP contribution in [0.15, 0.2) is 46.0 Å². The highest BCUT2D eigenvalue weighted by Gasteiger charge is 2.22. The predicted octanol–water partition coefficient (Wildman–Crippen LogP) is 4.23. The molecule has 2 N–H and O–H groups in total. The number of nitrogens with one attached hydrogen (secondary N) is 2. The van der Waals surface area contributed by atoms with Gasteiger partial charge in [0, 0.05) is 43.7 Å². The molecular formula is C26H30N6O3S2. The lowest BCUT2D eigenvalue weighted by atomic mass is 9.97. The van der Waals surface area contributed by atoms with Gasteiger partial charge in [-0.25, -0.2) is 4.98 Å². The second kappa shape index (κ2) is 13.3. The van der Waals surface area contributed by atoms with Crippen molar-refractivity contribution in [1.29, 1.82) is 0 Å². The van der Waals surface area contributed by atoms with Crippen molar-refractivity contribution in [2.75, 3.05) is 38.7 Å². The minimum Gasteiger partial charge on any atom is -0.481 e. The van der Waals surface area contributed by atoms with E-state index in [0.29, 0.717) is 29.7 Å². The molecule has 1 amide bonds. The maximum Gasteiger partial charge on any atom is 0.283 e. The van der Waals surface area contributed by atoms with Crippen molar-refractivity contribution in [3.63, 3.8) is 0 Å². The van der Waals surface area contributed by atoms with Crippen molar-refractivity contribution in [2.24, 2.45) is 5.92 Å². The highest BCUT2D eigenvalue weighted by Crippen LogP contribution is 2.25. The number of aldehydes is 1. The van der Waals surface area contributed by atoms with Gasteiger partial charge in [0.05, 0.1) is 29.1 Å². The molecule has 0 saturated carbocycles. The fourth-order valence-electron chi connectivity index (χ4n) is 4.03. The monoisotopic (exact) mass is 538 g/mol. The lowest BCUT2D eigenvalue weighted by Crippen LogP contribution is -2.38. The molecule has 0 bridgehead atoms. The molecule has 1 fully saturated rings. The van der Waals surface area contributed by atoms with E-state index in [-0.39, 0.29) is 10.1 Å². The molecule has 37 heavy (non-hydrogen) atoms. The summed E-state index contributed by atoms with van der Waals surface area (Å²) in [5.74, 6) is 1.51. The van der Waals surface area contributed by atoms with E-state index in [1.807, 2.05) is 6.07 Å². The largest absolute Gasteiger partial charge is 0.481 e. The van der Waals surface area contributed by atoms with Crippen LogP contribution in [-0.2, 0) is 11.3 Å². The van der Waals surface area contributed by atoms with Crippen molar-refractivity contribution < 1.29 is 14.3 Å². The molecule has 1 aliphatic rings. The molecule has 0 aromatic carbocycles. The Morgan fingerprint density at radius 3 is 2.78 bits per heavy atom. The molecule has 0 atom stereocenters. The summed E-state index contributed by atoms with van der Waals surface area (Å²) in [4.78, 5) is 39.3. The Bertz CT molecular complexity index is 1230. The number of thiophene rings is 1. The van der Waals surface area contributed by atoms with Crippen molar-refractivity contribution in [1.82, 2.24) is 25.6 Å². The fraction of sp³-hybridized carbons (Fsp3) is 0.346. The van der Waals surface area contributed by atoms with Crippen molar-refractivity contribution in [3.05, 3.63) is 57.4 Å². The number of methoxy groups -OCH3 is 1. The minimum atomic E-state index is -0.318. The van der Waals surface area contributed by atoms with Crippen LogP contribution >= 0.6 is 23.1 Å². The number of nitrogens with zero attached hydrogens (tertiary/aromatic N) is 4. The van der Waals surface area contributed by atoms with Gasteiger partial charge in [-0.3, -0.25) is 14.6 Å². The molecule has 194 valence electrons. The van der Waals surface area contributed by atoms with E-state index < -0.39 is 0 Å². The number of amides is 1. The molecule has 0 radical (unpaired) electrons. The fourth-order valence-corrected chi connectivity index (χ4v) is 5.23. The maximum atomic E-state index is 11.6. The van der Waals surface area contributed by atoms with E-state index >= 15 is 0 Å². The Hall–Kier alpha value is -3.28. The van der Waals surface area contributed by atoms with Gasteiger partial charge in [-0.1, -0.05) is 6.07 Å². The first-order valence-corrected chi connectivity index (χ1v) is 13.8. The lowest BCUT2D eigenvalue weighted by Gasteiger charge is -2.32. The summed E-state index contributed by atoms with van der Waals surface area (Å²) < 4.78 is 5.36. The third-order valence-electron chi connectivity index (χ3n) is 6.00. The third-order valence-corrected chi connectivity index (χ3v) is 7.52. The number of rotatable bonds is 10. The number of anilines is 1. The summed E-state index contributed by atoms with van der Waals surface area (Å²) in [6, 6.07) is 9.90. The van der Waals surface area contributed by atoms with Crippen LogP contribution in [0.2, 0.25) is 0 Å². The van der Waals surface area contributed by atoms with Crippen molar-refractivity contribution >= 4 is 46.6 Å². The first-order chi connectivity index (χ1) is 18.1. The van der Waals surface area contributed by atoms with Gasteiger partial charge in [-0.05, 0) is 66.7 Å². The third kappa shape index (κ3) is 7.61. The SMILES string of the molecule is CNC(=O)S/C(C=O)=C\c1cc(OC)nc(N2CCC(CNCc3cccc(-c4ccsc4)n3)CC2)n1. The number of carbonyl (C=O) groups is 2. The Balaban J connectivity index is 1.32. The van der Waals surface area contributed by atoms with Crippen LogP contribution in [0.25, 0.3) is 17.3 Å². The normalized spacial score (nSPS) is 14.4. The molecule has 1 saturated heterocycles. The Morgan fingerprint density at radius 1 is 1.24 bits per heavy atom. The smallest absolute Gasteiger partial charge is 0.283 e. The van der Waals surface area contributed by atoms with Crippen LogP contribution in [0.4, 0.5) is 10.7 Å². The molecule has 0 spiro atoms. The van der Waals surface area contributed by atoms with Crippen molar-refractivity contribution in [3.8, 4) is 17.1 Å². The quantitative estimate of drug-likeness (QED) is 0.289. The van der Waals surface area contributed by atoms with Gasteiger partial charge in [0.25, 0.3) is 5.24 Å². The number of pyridine rings is 1. The molecule has 4 rings (SSSR count). The predicted molar refractivity (Wildman–Crippen MR) is 149 cm³/mol. The second-order valence-corrected chi connectivity index (χ2v) is 10.4. The average molecular weight is 539 g/mol. The van der Waals surface area contributed by atoms with E-state index in [4.69, 9.17) is 9.72 Å². The van der Waals surface area contributed by atoms with Crippen LogP contribution < -0.4 is 20.3 Å². The minimum absolute atomic E-state index is 0.256. The zero-order chi connectivity index (χ0) is 26.0. The molecule has 0 unspecified atom stereocenters. The molecule has 9 nitrogen and oxygen atoms in total. The molecule has 3 aromatic heterocycles. The van der Waals surface area contributed by atoms with E-state index in [9.17, 15) is 9.59 Å². The van der Waals surface area contributed by atoms with Gasteiger partial charge in [0.2, 0.25) is 11.8 Å². The van der Waals surface area contributed by atoms with Gasteiger partial charge in [0.15, 0.2) is 6.29 Å². The van der Waals surface area contributed by atoms with Crippen LogP contribution in [0.1, 0.15) is 24.2 Å². The van der Waals surface area contributed by atoms with Gasteiger partial charge in [-0.2, -0.15) is 16.3 Å². The van der Waals surface area contributed by atoms with Gasteiger partial charge in [-0.15, -0.1) is 0 Å². The number of piperidine rings is 1. The van der Waals surface area contributed by atoms with Crippen LogP contribution in [0, 0.1) is 5.92 Å². The number of thioether (sulfide) groups is 1. The molecule has 11 heteroatoms. The van der Waals surface area contributed by atoms with Gasteiger partial charge in [0.1, 0.15) is 0 Å². The summed E-state index contributed by atoms with van der Waals surface area (Å²) >= 11 is 2.49. The molecule has 3 aromatic rings. The Morgan fingerprint density at radius 2 is 2.08 bits per heavy atom. The number of aromatic nitrogens is 3. The summed E-state index contributed by atoms with van der Waals surface area (Å²) in [6.45, 7) is 3.30. The van der Waals surface area contributed by atoms with E-state index in [0.717, 1.165) is 67.7 Å².